The fourth-order valence-electron chi connectivity index (χ4n) is 3.82. The summed E-state index contributed by atoms with van der Waals surface area (Å²) >= 11 is 5.84. The van der Waals surface area contributed by atoms with Crippen molar-refractivity contribution in [2.24, 2.45) is 10.7 Å². The van der Waals surface area contributed by atoms with E-state index in [9.17, 15) is 22.3 Å². The smallest absolute Gasteiger partial charge is 0.233 e. The van der Waals surface area contributed by atoms with Gasteiger partial charge in [0.15, 0.2) is 0 Å². The largest absolute Gasteiger partial charge is 0.392 e. The van der Waals surface area contributed by atoms with E-state index in [4.69, 9.17) is 22.1 Å². The van der Waals surface area contributed by atoms with E-state index in [2.05, 4.69) is 15.0 Å². The summed E-state index contributed by atoms with van der Waals surface area (Å²) in [5.74, 6) is -3.23. The van der Waals surface area contributed by atoms with Gasteiger partial charge in [0.2, 0.25) is 15.9 Å². The molecule has 0 aromatic heterocycles. The van der Waals surface area contributed by atoms with Crippen molar-refractivity contribution < 1.29 is 27.0 Å². The average Bonchev–Trinajstić information content (AvgIpc) is 3.26. The molecule has 2 heterocycles. The normalized spacial score (nSPS) is 22.4. The third-order valence-electron chi connectivity index (χ3n) is 5.79. The van der Waals surface area contributed by atoms with Gasteiger partial charge in [-0.05, 0) is 36.2 Å². The van der Waals surface area contributed by atoms with E-state index in [1.54, 1.807) is 24.3 Å². The number of anilines is 1. The zero-order chi connectivity index (χ0) is 25.9. The predicted octanol–water partition coefficient (Wildman–Crippen LogP) is 2.23. The minimum Gasteiger partial charge on any atom is -0.392 e. The number of benzene rings is 2. The van der Waals surface area contributed by atoms with Crippen molar-refractivity contribution >= 4 is 39.2 Å². The third kappa shape index (κ3) is 6.58. The lowest BCUT2D eigenvalue weighted by Gasteiger charge is -2.31. The molecule has 1 saturated heterocycles. The van der Waals surface area contributed by atoms with E-state index in [0.29, 0.717) is 43.0 Å². The number of aliphatic hydroxyl groups is 1. The molecule has 194 valence electrons. The predicted molar refractivity (Wildman–Crippen MR) is 134 cm³/mol. The van der Waals surface area contributed by atoms with Crippen molar-refractivity contribution in [2.45, 2.75) is 25.0 Å². The van der Waals surface area contributed by atoms with Gasteiger partial charge in [-0.2, -0.15) is 0 Å². The van der Waals surface area contributed by atoms with E-state index in [1.165, 1.54) is 12.4 Å². The van der Waals surface area contributed by atoms with Gasteiger partial charge in [0.1, 0.15) is 11.6 Å². The quantitative estimate of drug-likeness (QED) is 0.283. The van der Waals surface area contributed by atoms with E-state index in [-0.39, 0.29) is 11.3 Å². The van der Waals surface area contributed by atoms with Gasteiger partial charge in [-0.3, -0.25) is 20.3 Å². The van der Waals surface area contributed by atoms with Crippen molar-refractivity contribution in [3.8, 4) is 0 Å². The highest BCUT2D eigenvalue weighted by molar-refractivity contribution is 7.92. The molecule has 2 atom stereocenters. The van der Waals surface area contributed by atoms with Crippen molar-refractivity contribution in [2.75, 3.05) is 30.1 Å². The van der Waals surface area contributed by atoms with Gasteiger partial charge in [-0.15, -0.1) is 0 Å². The summed E-state index contributed by atoms with van der Waals surface area (Å²) in [7, 11) is -3.57. The molecule has 0 aliphatic carbocycles. The van der Waals surface area contributed by atoms with Crippen LogP contribution in [0.1, 0.15) is 17.5 Å². The summed E-state index contributed by atoms with van der Waals surface area (Å²) in [6.45, 7) is 1.07. The highest BCUT2D eigenvalue weighted by Crippen LogP contribution is 2.26. The molecule has 13 heteroatoms. The van der Waals surface area contributed by atoms with Gasteiger partial charge >= 0.3 is 0 Å². The number of likely N-dealkylation sites (tertiary alicyclic amines) is 1. The molecule has 0 amide bonds. The first-order valence-corrected chi connectivity index (χ1v) is 13.2. The molecule has 0 bridgehead atoms. The first-order chi connectivity index (χ1) is 17.0. The second-order valence-electron chi connectivity index (χ2n) is 8.59. The van der Waals surface area contributed by atoms with E-state index in [1.807, 2.05) is 4.90 Å². The molecular weight excluding hydrogens is 516 g/mol. The van der Waals surface area contributed by atoms with Gasteiger partial charge in [0, 0.05) is 30.9 Å². The molecule has 0 radical (unpaired) electrons. The molecule has 4 rings (SSSR count). The van der Waals surface area contributed by atoms with Crippen molar-refractivity contribution in [3.05, 3.63) is 70.4 Å². The maximum absolute atomic E-state index is 14.1. The molecule has 1 unspecified atom stereocenters. The third-order valence-corrected chi connectivity index (χ3v) is 7.46. The molecule has 2 aromatic rings. The summed E-state index contributed by atoms with van der Waals surface area (Å²) in [6, 6.07) is 8.38. The number of aliphatic hydroxyl groups excluding tert-OH is 1. The van der Waals surface area contributed by atoms with Gasteiger partial charge in [0.05, 0.1) is 41.6 Å². The van der Waals surface area contributed by atoms with Crippen LogP contribution in [-0.4, -0.2) is 62.0 Å². The SMILES string of the molecule is NC1(OCc2c(F)ccc(F)c2Cl)C=NC=C(c2ccc(NS(=O)(=O)CCN3CC[C@@H](O)C3)cc2)N1. The van der Waals surface area contributed by atoms with Crippen molar-refractivity contribution in [1.82, 2.24) is 10.2 Å². The van der Waals surface area contributed by atoms with Crippen LogP contribution in [0.25, 0.3) is 5.70 Å². The topological polar surface area (TPSA) is 129 Å². The molecule has 0 saturated carbocycles. The van der Waals surface area contributed by atoms with Gasteiger partial charge in [0.25, 0.3) is 0 Å². The summed E-state index contributed by atoms with van der Waals surface area (Å²) in [4.78, 5) is 5.99. The van der Waals surface area contributed by atoms with Crippen LogP contribution in [0.3, 0.4) is 0 Å². The number of halogens is 3. The zero-order valence-electron chi connectivity index (χ0n) is 19.1. The van der Waals surface area contributed by atoms with Gasteiger partial charge in [-0.25, -0.2) is 17.2 Å². The van der Waals surface area contributed by atoms with E-state index in [0.717, 1.165) is 12.1 Å². The van der Waals surface area contributed by atoms with Crippen molar-refractivity contribution in [3.63, 3.8) is 0 Å². The van der Waals surface area contributed by atoms with Crippen LogP contribution in [0, 0.1) is 11.6 Å². The summed E-state index contributed by atoms with van der Waals surface area (Å²) < 4.78 is 60.7. The maximum Gasteiger partial charge on any atom is 0.233 e. The number of β-amino-alcohol motifs (C(OH)–C–C–N with tert-alkyl or cyclic N) is 1. The highest BCUT2D eigenvalue weighted by Gasteiger charge is 2.29. The molecule has 5 N–H and O–H groups in total. The fraction of sp³-hybridized carbons (Fsp3) is 0.348. The second kappa shape index (κ2) is 10.8. The van der Waals surface area contributed by atoms with Crippen LogP contribution in [0.5, 0.6) is 0 Å². The van der Waals surface area contributed by atoms with Crippen LogP contribution >= 0.6 is 11.6 Å². The Balaban J connectivity index is 1.35. The first kappa shape index (κ1) is 26.5. The summed E-state index contributed by atoms with van der Waals surface area (Å²) in [6.07, 6.45) is 3.00. The number of nitrogens with two attached hydrogens (primary N) is 1. The van der Waals surface area contributed by atoms with Crippen LogP contribution in [0.2, 0.25) is 5.02 Å². The second-order valence-corrected chi connectivity index (χ2v) is 10.8. The molecular formula is C23H26ClF2N5O4S. The van der Waals surface area contributed by atoms with Crippen LogP contribution in [0.15, 0.2) is 47.6 Å². The number of ether oxygens (including phenoxy) is 1. The maximum atomic E-state index is 14.1. The Bertz CT molecular complexity index is 1280. The number of aliphatic imine (C=N–C) groups is 1. The monoisotopic (exact) mass is 541 g/mol. The van der Waals surface area contributed by atoms with Crippen LogP contribution in [-0.2, 0) is 21.4 Å². The van der Waals surface area contributed by atoms with Crippen molar-refractivity contribution in [1.29, 1.82) is 0 Å². The summed E-state index contributed by atoms with van der Waals surface area (Å²) in [5, 5.41) is 12.1. The number of hydrogen-bond acceptors (Lipinski definition) is 8. The van der Waals surface area contributed by atoms with Gasteiger partial charge in [-0.1, -0.05) is 23.7 Å². The molecule has 2 aliphatic heterocycles. The van der Waals surface area contributed by atoms with E-state index < -0.39 is 45.2 Å². The van der Waals surface area contributed by atoms with Crippen LogP contribution < -0.4 is 15.8 Å². The molecule has 36 heavy (non-hydrogen) atoms. The highest BCUT2D eigenvalue weighted by atomic mass is 35.5. The Hall–Kier alpha value is -2.61. The first-order valence-electron chi connectivity index (χ1n) is 11.1. The molecule has 2 aromatic carbocycles. The minimum atomic E-state index is -3.57. The Labute approximate surface area is 212 Å². The zero-order valence-corrected chi connectivity index (χ0v) is 20.7. The Kier molecular flexibility index (Phi) is 7.93. The lowest BCUT2D eigenvalue weighted by atomic mass is 10.1. The molecule has 2 aliphatic rings. The fourth-order valence-corrected chi connectivity index (χ4v) is 5.13. The lowest BCUT2D eigenvalue weighted by Crippen LogP contribution is -2.57. The lowest BCUT2D eigenvalue weighted by molar-refractivity contribution is -0.0116. The number of sulfonamides is 1. The van der Waals surface area contributed by atoms with E-state index >= 15 is 0 Å². The number of nitrogens with one attached hydrogen (secondary N) is 2. The Morgan fingerprint density at radius 1 is 1.25 bits per heavy atom. The average molecular weight is 542 g/mol. The molecule has 1 fully saturated rings. The van der Waals surface area contributed by atoms with Gasteiger partial charge < -0.3 is 15.2 Å². The molecule has 0 spiro atoms. The number of rotatable bonds is 9. The number of nitrogens with zero attached hydrogens (tertiary/aromatic N) is 2. The minimum absolute atomic E-state index is 0.0914. The van der Waals surface area contributed by atoms with Crippen LogP contribution in [0.4, 0.5) is 14.5 Å². The number of hydrogen-bond donors (Lipinski definition) is 4. The standard InChI is InChI=1S/C23H26ClF2N5O4S/c24-22-18(19(25)5-6-20(22)26)13-35-23(27)14-28-11-21(29-23)15-1-3-16(4-2-15)30-36(33,34)10-9-31-8-7-17(32)12-31/h1-6,11,14,17,29-30,32H,7-10,12-13,27H2/t17-,23?/m1/s1. The Morgan fingerprint density at radius 2 is 1.97 bits per heavy atom. The summed E-state index contributed by atoms with van der Waals surface area (Å²) in [5.41, 5.74) is 7.49. The Morgan fingerprint density at radius 3 is 2.67 bits per heavy atom. The molecule has 9 nitrogen and oxygen atoms in total.